The van der Waals surface area contributed by atoms with Gasteiger partial charge in [-0.1, -0.05) is 29.3 Å². The molecule has 2 aromatic carbocycles. The van der Waals surface area contributed by atoms with Crippen LogP contribution < -0.4 is 10.1 Å². The topological polar surface area (TPSA) is 88.4 Å². The first kappa shape index (κ1) is 22.3. The van der Waals surface area contributed by atoms with E-state index < -0.39 is 11.9 Å². The summed E-state index contributed by atoms with van der Waals surface area (Å²) in [7, 11) is 1.54. The lowest BCUT2D eigenvalue weighted by molar-refractivity contribution is -0.117. The number of nitrogens with zero attached hydrogens (tertiary/aromatic N) is 1. The molecule has 8 heteroatoms. The van der Waals surface area contributed by atoms with Crippen LogP contribution in [0.2, 0.25) is 10.0 Å². The SMILES string of the molecule is COc1ccc(C(=O)OCCCNC(=O)C(C#N)=Cc2ccc(Cl)c(Cl)c2)cc1. The number of carbonyl (C=O) groups excluding carboxylic acids is 2. The summed E-state index contributed by atoms with van der Waals surface area (Å²) >= 11 is 11.8. The van der Waals surface area contributed by atoms with Gasteiger partial charge in [-0.05, 0) is 54.5 Å². The number of esters is 1. The number of hydrogen-bond acceptors (Lipinski definition) is 5. The predicted molar refractivity (Wildman–Crippen MR) is 111 cm³/mol. The maximum absolute atomic E-state index is 12.1. The third-order valence-corrected chi connectivity index (χ3v) is 4.52. The molecule has 0 saturated carbocycles. The summed E-state index contributed by atoms with van der Waals surface area (Å²) in [5.41, 5.74) is 0.921. The second-order valence-electron chi connectivity index (χ2n) is 5.82. The van der Waals surface area contributed by atoms with Crippen molar-refractivity contribution in [2.75, 3.05) is 20.3 Å². The molecule has 0 aromatic heterocycles. The van der Waals surface area contributed by atoms with Crippen molar-refractivity contribution in [1.29, 1.82) is 5.26 Å². The molecular formula is C21H18Cl2N2O4. The van der Waals surface area contributed by atoms with E-state index in [2.05, 4.69) is 5.32 Å². The van der Waals surface area contributed by atoms with Gasteiger partial charge in [0.1, 0.15) is 17.4 Å². The number of rotatable bonds is 8. The van der Waals surface area contributed by atoms with Gasteiger partial charge in [-0.3, -0.25) is 4.79 Å². The minimum absolute atomic E-state index is 0.0707. The third-order valence-electron chi connectivity index (χ3n) is 3.79. The normalized spacial score (nSPS) is 10.8. The van der Waals surface area contributed by atoms with E-state index >= 15 is 0 Å². The molecule has 1 N–H and O–H groups in total. The van der Waals surface area contributed by atoms with Crippen LogP contribution in [0.1, 0.15) is 22.3 Å². The van der Waals surface area contributed by atoms with Crippen molar-refractivity contribution in [1.82, 2.24) is 5.32 Å². The zero-order valence-corrected chi connectivity index (χ0v) is 17.1. The van der Waals surface area contributed by atoms with Crippen LogP contribution >= 0.6 is 23.2 Å². The summed E-state index contributed by atoms with van der Waals surface area (Å²) < 4.78 is 10.2. The number of nitriles is 1. The second-order valence-corrected chi connectivity index (χ2v) is 6.63. The van der Waals surface area contributed by atoms with E-state index in [1.165, 1.54) is 6.08 Å². The highest BCUT2D eigenvalue weighted by Crippen LogP contribution is 2.23. The van der Waals surface area contributed by atoms with E-state index in [0.29, 0.717) is 33.3 Å². The van der Waals surface area contributed by atoms with E-state index in [9.17, 15) is 14.9 Å². The van der Waals surface area contributed by atoms with Crippen molar-refractivity contribution in [2.24, 2.45) is 0 Å². The molecule has 150 valence electrons. The van der Waals surface area contributed by atoms with Crippen LogP contribution in [0.4, 0.5) is 0 Å². The van der Waals surface area contributed by atoms with Gasteiger partial charge in [0.2, 0.25) is 0 Å². The average molecular weight is 433 g/mol. The molecule has 0 saturated heterocycles. The molecule has 29 heavy (non-hydrogen) atoms. The Morgan fingerprint density at radius 3 is 2.48 bits per heavy atom. The minimum atomic E-state index is -0.528. The van der Waals surface area contributed by atoms with Gasteiger partial charge < -0.3 is 14.8 Å². The Bertz CT molecular complexity index is 950. The number of benzene rings is 2. The summed E-state index contributed by atoms with van der Waals surface area (Å²) in [6.45, 7) is 0.374. The van der Waals surface area contributed by atoms with E-state index in [1.54, 1.807) is 49.6 Å². The fourth-order valence-electron chi connectivity index (χ4n) is 2.26. The van der Waals surface area contributed by atoms with Crippen molar-refractivity contribution >= 4 is 41.2 Å². The van der Waals surface area contributed by atoms with Crippen LogP contribution in [-0.4, -0.2) is 32.1 Å². The number of methoxy groups -OCH3 is 1. The first-order chi connectivity index (χ1) is 13.9. The predicted octanol–water partition coefficient (Wildman–Crippen LogP) is 4.27. The van der Waals surface area contributed by atoms with Gasteiger partial charge in [0.05, 0.1) is 29.3 Å². The van der Waals surface area contributed by atoms with Crippen molar-refractivity contribution in [3.8, 4) is 11.8 Å². The van der Waals surface area contributed by atoms with Gasteiger partial charge in [0.25, 0.3) is 5.91 Å². The summed E-state index contributed by atoms with van der Waals surface area (Å²) in [5, 5.41) is 12.5. The Morgan fingerprint density at radius 2 is 1.86 bits per heavy atom. The lowest BCUT2D eigenvalue weighted by atomic mass is 10.1. The molecule has 0 unspecified atom stereocenters. The monoisotopic (exact) mass is 432 g/mol. The Labute approximate surface area is 178 Å². The van der Waals surface area contributed by atoms with E-state index in [1.807, 2.05) is 6.07 Å². The molecule has 0 aliphatic heterocycles. The number of amides is 1. The Hall–Kier alpha value is -3.01. The fraction of sp³-hybridized carbons (Fsp3) is 0.190. The van der Waals surface area contributed by atoms with Crippen LogP contribution in [0.3, 0.4) is 0 Å². The van der Waals surface area contributed by atoms with E-state index in [-0.39, 0.29) is 18.7 Å². The zero-order chi connectivity index (χ0) is 21.2. The van der Waals surface area contributed by atoms with Crippen LogP contribution in [0.15, 0.2) is 48.0 Å². The first-order valence-electron chi connectivity index (χ1n) is 8.61. The molecule has 0 aliphatic carbocycles. The molecule has 6 nitrogen and oxygen atoms in total. The van der Waals surface area contributed by atoms with Gasteiger partial charge in [-0.25, -0.2) is 4.79 Å². The Kier molecular flexibility index (Phi) is 8.53. The molecule has 1 amide bonds. The smallest absolute Gasteiger partial charge is 0.338 e. The first-order valence-corrected chi connectivity index (χ1v) is 9.36. The molecule has 2 rings (SSSR count). The highest BCUT2D eigenvalue weighted by molar-refractivity contribution is 6.42. The van der Waals surface area contributed by atoms with Gasteiger partial charge >= 0.3 is 5.97 Å². The number of nitrogens with one attached hydrogen (secondary N) is 1. The minimum Gasteiger partial charge on any atom is -0.497 e. The van der Waals surface area contributed by atoms with Gasteiger partial charge in [0, 0.05) is 6.54 Å². The summed E-state index contributed by atoms with van der Waals surface area (Å²) in [6.07, 6.45) is 1.82. The molecule has 0 aliphatic rings. The maximum atomic E-state index is 12.1. The Balaban J connectivity index is 1.79. The molecule has 0 bridgehead atoms. The second kappa shape index (κ2) is 11.1. The third kappa shape index (κ3) is 6.83. The summed E-state index contributed by atoms with van der Waals surface area (Å²) in [4.78, 5) is 24.1. The summed E-state index contributed by atoms with van der Waals surface area (Å²) in [6, 6.07) is 13.2. The molecule has 0 atom stereocenters. The Morgan fingerprint density at radius 1 is 1.14 bits per heavy atom. The van der Waals surface area contributed by atoms with Gasteiger partial charge in [0.15, 0.2) is 0 Å². The van der Waals surface area contributed by atoms with Crippen LogP contribution in [0, 0.1) is 11.3 Å². The highest BCUT2D eigenvalue weighted by Gasteiger charge is 2.10. The molecular weight excluding hydrogens is 415 g/mol. The fourth-order valence-corrected chi connectivity index (χ4v) is 2.57. The van der Waals surface area contributed by atoms with E-state index in [0.717, 1.165) is 0 Å². The molecule has 2 aromatic rings. The van der Waals surface area contributed by atoms with Crippen molar-refractivity contribution in [3.05, 3.63) is 69.2 Å². The standard InChI is InChI=1S/C21H18Cl2N2O4/c1-28-17-6-4-15(5-7-17)21(27)29-10-2-9-25-20(26)16(13-24)11-14-3-8-18(22)19(23)12-14/h3-8,11-12H,2,9-10H2,1H3,(H,25,26). The highest BCUT2D eigenvalue weighted by atomic mass is 35.5. The van der Waals surface area contributed by atoms with E-state index in [4.69, 9.17) is 32.7 Å². The van der Waals surface area contributed by atoms with Gasteiger partial charge in [-0.2, -0.15) is 5.26 Å². The molecule has 0 radical (unpaired) electrons. The van der Waals surface area contributed by atoms with Crippen molar-refractivity contribution in [2.45, 2.75) is 6.42 Å². The van der Waals surface area contributed by atoms with Crippen LogP contribution in [0.25, 0.3) is 6.08 Å². The molecule has 0 fully saturated rings. The number of ether oxygens (including phenoxy) is 2. The van der Waals surface area contributed by atoms with Crippen molar-refractivity contribution < 1.29 is 19.1 Å². The number of halogens is 2. The lowest BCUT2D eigenvalue weighted by Crippen LogP contribution is -2.26. The molecule has 0 heterocycles. The van der Waals surface area contributed by atoms with Crippen LogP contribution in [-0.2, 0) is 9.53 Å². The lowest BCUT2D eigenvalue weighted by Gasteiger charge is -2.07. The zero-order valence-electron chi connectivity index (χ0n) is 15.6. The van der Waals surface area contributed by atoms with Gasteiger partial charge in [-0.15, -0.1) is 0 Å². The number of hydrogen-bond donors (Lipinski definition) is 1. The maximum Gasteiger partial charge on any atom is 0.338 e. The summed E-state index contributed by atoms with van der Waals surface area (Å²) in [5.74, 6) is -0.345. The largest absolute Gasteiger partial charge is 0.497 e. The molecule has 0 spiro atoms. The average Bonchev–Trinajstić information content (AvgIpc) is 2.73. The quantitative estimate of drug-likeness (QED) is 0.291. The van der Waals surface area contributed by atoms with Crippen LogP contribution in [0.5, 0.6) is 5.75 Å². The van der Waals surface area contributed by atoms with Crippen molar-refractivity contribution in [3.63, 3.8) is 0 Å². The number of carbonyl (C=O) groups is 2.